The Morgan fingerprint density at radius 3 is 2.84 bits per heavy atom. The highest BCUT2D eigenvalue weighted by Crippen LogP contribution is 2.37. The zero-order valence-electron chi connectivity index (χ0n) is 14.8. The Morgan fingerprint density at radius 2 is 2.12 bits per heavy atom. The van der Waals surface area contributed by atoms with Crippen molar-refractivity contribution in [2.45, 2.75) is 44.3 Å². The zero-order valence-corrected chi connectivity index (χ0v) is 14.8. The molecule has 1 atom stereocenters. The molecule has 7 nitrogen and oxygen atoms in total. The van der Waals surface area contributed by atoms with Gasteiger partial charge in [0.05, 0.1) is 24.9 Å². The molecule has 0 aromatic carbocycles. The maximum atomic E-state index is 12.1. The largest absolute Gasteiger partial charge is 0.371 e. The predicted octanol–water partition coefficient (Wildman–Crippen LogP) is 1.16. The van der Waals surface area contributed by atoms with Crippen LogP contribution in [0.5, 0.6) is 0 Å². The maximum Gasteiger partial charge on any atom is 0.248 e. The standard InChI is InChI=1S/C18H26N4O3/c1-14-4-5-16(20-19-14)22-12-18(13-22)10-15(6-9-25-18)24-11-17(23)21-7-2-3-8-21/h4-5,15H,2-3,6-13H2,1H3. The van der Waals surface area contributed by atoms with Gasteiger partial charge in [-0.1, -0.05) is 0 Å². The van der Waals surface area contributed by atoms with Crippen molar-refractivity contribution in [3.63, 3.8) is 0 Å². The van der Waals surface area contributed by atoms with Gasteiger partial charge in [-0.2, -0.15) is 5.10 Å². The molecule has 7 heteroatoms. The van der Waals surface area contributed by atoms with Crippen LogP contribution in [0.15, 0.2) is 12.1 Å². The third-order valence-corrected chi connectivity index (χ3v) is 5.41. The number of carbonyl (C=O) groups excluding carboxylic acids is 1. The van der Waals surface area contributed by atoms with Crippen molar-refractivity contribution in [1.29, 1.82) is 0 Å². The summed E-state index contributed by atoms with van der Waals surface area (Å²) in [6, 6.07) is 3.98. The van der Waals surface area contributed by atoms with E-state index in [0.717, 1.165) is 63.4 Å². The lowest BCUT2D eigenvalue weighted by Gasteiger charge is -2.53. The SMILES string of the molecule is Cc1ccc(N2CC3(CC(OCC(=O)N4CCCC4)CCO3)C2)nn1. The lowest BCUT2D eigenvalue weighted by Crippen LogP contribution is -2.66. The van der Waals surface area contributed by atoms with Gasteiger partial charge in [0.1, 0.15) is 12.2 Å². The van der Waals surface area contributed by atoms with Gasteiger partial charge in [-0.25, -0.2) is 0 Å². The number of likely N-dealkylation sites (tertiary alicyclic amines) is 1. The molecule has 0 aliphatic carbocycles. The lowest BCUT2D eigenvalue weighted by atomic mass is 9.84. The van der Waals surface area contributed by atoms with Crippen molar-refractivity contribution in [3.05, 3.63) is 17.8 Å². The molecular weight excluding hydrogens is 320 g/mol. The normalized spacial score (nSPS) is 25.2. The van der Waals surface area contributed by atoms with Crippen LogP contribution in [-0.4, -0.2) is 72.1 Å². The van der Waals surface area contributed by atoms with Crippen LogP contribution in [0.2, 0.25) is 0 Å². The smallest absolute Gasteiger partial charge is 0.248 e. The third-order valence-electron chi connectivity index (χ3n) is 5.41. The van der Waals surface area contributed by atoms with Crippen molar-refractivity contribution in [2.24, 2.45) is 0 Å². The van der Waals surface area contributed by atoms with E-state index >= 15 is 0 Å². The minimum absolute atomic E-state index is 0.103. The van der Waals surface area contributed by atoms with Crippen LogP contribution < -0.4 is 4.90 Å². The summed E-state index contributed by atoms with van der Waals surface area (Å²) >= 11 is 0. The average molecular weight is 346 g/mol. The van der Waals surface area contributed by atoms with E-state index in [0.29, 0.717) is 6.61 Å². The van der Waals surface area contributed by atoms with Crippen molar-refractivity contribution in [1.82, 2.24) is 15.1 Å². The zero-order chi connectivity index (χ0) is 17.3. The molecule has 0 radical (unpaired) electrons. The van der Waals surface area contributed by atoms with E-state index in [-0.39, 0.29) is 24.2 Å². The number of aryl methyl sites for hydroxylation is 1. The van der Waals surface area contributed by atoms with Crippen LogP contribution >= 0.6 is 0 Å². The number of carbonyl (C=O) groups is 1. The topological polar surface area (TPSA) is 67.8 Å². The molecule has 1 unspecified atom stereocenters. The van der Waals surface area contributed by atoms with E-state index < -0.39 is 0 Å². The van der Waals surface area contributed by atoms with E-state index in [4.69, 9.17) is 9.47 Å². The molecule has 3 saturated heterocycles. The number of amides is 1. The van der Waals surface area contributed by atoms with Gasteiger partial charge in [0.2, 0.25) is 5.91 Å². The van der Waals surface area contributed by atoms with Crippen molar-refractivity contribution in [3.8, 4) is 0 Å². The first-order valence-corrected chi connectivity index (χ1v) is 9.22. The monoisotopic (exact) mass is 346 g/mol. The molecule has 136 valence electrons. The number of aromatic nitrogens is 2. The van der Waals surface area contributed by atoms with Crippen molar-refractivity contribution in [2.75, 3.05) is 44.3 Å². The molecule has 4 heterocycles. The second-order valence-corrected chi connectivity index (χ2v) is 7.43. The van der Waals surface area contributed by atoms with E-state index in [1.807, 2.05) is 24.0 Å². The molecule has 25 heavy (non-hydrogen) atoms. The minimum atomic E-state index is -0.161. The van der Waals surface area contributed by atoms with Crippen LogP contribution in [0.25, 0.3) is 0 Å². The quantitative estimate of drug-likeness (QED) is 0.815. The molecule has 0 bridgehead atoms. The Hall–Kier alpha value is -1.73. The summed E-state index contributed by atoms with van der Waals surface area (Å²) in [5, 5.41) is 8.36. The van der Waals surface area contributed by atoms with Gasteiger partial charge in [-0.3, -0.25) is 4.79 Å². The van der Waals surface area contributed by atoms with Gasteiger partial charge in [0, 0.05) is 26.1 Å². The van der Waals surface area contributed by atoms with Crippen LogP contribution in [0.4, 0.5) is 5.82 Å². The number of ether oxygens (including phenoxy) is 2. The number of hydrogen-bond donors (Lipinski definition) is 0. The van der Waals surface area contributed by atoms with Crippen molar-refractivity contribution < 1.29 is 14.3 Å². The summed E-state index contributed by atoms with van der Waals surface area (Å²) in [7, 11) is 0. The summed E-state index contributed by atoms with van der Waals surface area (Å²) < 4.78 is 12.0. The van der Waals surface area contributed by atoms with Crippen LogP contribution in [0, 0.1) is 6.92 Å². The van der Waals surface area contributed by atoms with Gasteiger partial charge in [0.15, 0.2) is 5.82 Å². The Bertz CT molecular complexity index is 609. The fourth-order valence-electron chi connectivity index (χ4n) is 3.96. The minimum Gasteiger partial charge on any atom is -0.371 e. The molecule has 3 aliphatic heterocycles. The highest BCUT2D eigenvalue weighted by Gasteiger charge is 2.48. The molecule has 3 fully saturated rings. The van der Waals surface area contributed by atoms with Crippen LogP contribution in [0.1, 0.15) is 31.4 Å². The van der Waals surface area contributed by atoms with Gasteiger partial charge in [0.25, 0.3) is 0 Å². The lowest BCUT2D eigenvalue weighted by molar-refractivity contribution is -0.157. The summed E-state index contributed by atoms with van der Waals surface area (Å²) in [5.41, 5.74) is 0.760. The van der Waals surface area contributed by atoms with Gasteiger partial charge in [-0.05, 0) is 38.3 Å². The average Bonchev–Trinajstić information content (AvgIpc) is 3.13. The van der Waals surface area contributed by atoms with Gasteiger partial charge < -0.3 is 19.3 Å². The highest BCUT2D eigenvalue weighted by atomic mass is 16.5. The molecule has 1 aromatic heterocycles. The van der Waals surface area contributed by atoms with E-state index in [2.05, 4.69) is 15.1 Å². The van der Waals surface area contributed by atoms with E-state index in [1.54, 1.807) is 0 Å². The van der Waals surface area contributed by atoms with E-state index in [1.165, 1.54) is 0 Å². The maximum absolute atomic E-state index is 12.1. The Morgan fingerprint density at radius 1 is 1.32 bits per heavy atom. The molecule has 1 aromatic rings. The summed E-state index contributed by atoms with van der Waals surface area (Å²) in [5.74, 6) is 1.02. The molecule has 3 aliphatic rings. The number of anilines is 1. The Balaban J connectivity index is 1.27. The van der Waals surface area contributed by atoms with Gasteiger partial charge >= 0.3 is 0 Å². The van der Waals surface area contributed by atoms with Crippen LogP contribution in [0.3, 0.4) is 0 Å². The van der Waals surface area contributed by atoms with Gasteiger partial charge in [-0.15, -0.1) is 5.10 Å². The second-order valence-electron chi connectivity index (χ2n) is 7.43. The predicted molar refractivity (Wildman–Crippen MR) is 92.5 cm³/mol. The molecule has 0 saturated carbocycles. The first kappa shape index (κ1) is 16.7. The second kappa shape index (κ2) is 6.88. The first-order valence-electron chi connectivity index (χ1n) is 9.22. The molecule has 4 rings (SSSR count). The first-order chi connectivity index (χ1) is 12.1. The number of hydrogen-bond acceptors (Lipinski definition) is 6. The fraction of sp³-hybridized carbons (Fsp3) is 0.722. The summed E-state index contributed by atoms with van der Waals surface area (Å²) in [6.07, 6.45) is 4.04. The molecule has 1 amide bonds. The molecule has 0 N–H and O–H groups in total. The van der Waals surface area contributed by atoms with Crippen LogP contribution in [-0.2, 0) is 14.3 Å². The molecule has 1 spiro atoms. The number of nitrogens with zero attached hydrogens (tertiary/aromatic N) is 4. The van der Waals surface area contributed by atoms with Crippen molar-refractivity contribution >= 4 is 11.7 Å². The Labute approximate surface area is 148 Å². The molecular formula is C18H26N4O3. The van der Waals surface area contributed by atoms with E-state index in [9.17, 15) is 4.79 Å². The highest BCUT2D eigenvalue weighted by molar-refractivity contribution is 5.77. The summed E-state index contributed by atoms with van der Waals surface area (Å²) in [6.45, 7) is 6.21. The Kier molecular flexibility index (Phi) is 4.60. The third kappa shape index (κ3) is 3.62. The number of rotatable bonds is 4. The fourth-order valence-corrected chi connectivity index (χ4v) is 3.96. The summed E-state index contributed by atoms with van der Waals surface area (Å²) in [4.78, 5) is 16.2.